The summed E-state index contributed by atoms with van der Waals surface area (Å²) in [5, 5.41) is 3.09. The van der Waals surface area contributed by atoms with Crippen molar-refractivity contribution in [2.24, 2.45) is 0 Å². The predicted octanol–water partition coefficient (Wildman–Crippen LogP) is 6.14. The third-order valence-corrected chi connectivity index (χ3v) is 6.37. The number of hydrogen-bond acceptors (Lipinski definition) is 4. The quantitative estimate of drug-likeness (QED) is 0.303. The van der Waals surface area contributed by atoms with Crippen LogP contribution in [0.5, 0.6) is 0 Å². The minimum atomic E-state index is -0.0531. The number of fused-ring (bicyclic) bond motifs is 1. The van der Waals surface area contributed by atoms with Crippen LogP contribution in [0.25, 0.3) is 11.0 Å². The van der Waals surface area contributed by atoms with Crippen molar-refractivity contribution < 1.29 is 8.98 Å². The summed E-state index contributed by atoms with van der Waals surface area (Å²) in [4.78, 5) is 18.0. The molecule has 1 amide bonds. The summed E-state index contributed by atoms with van der Waals surface area (Å²) in [7, 11) is 0. The van der Waals surface area contributed by atoms with Crippen LogP contribution < -0.4 is 5.32 Å². The van der Waals surface area contributed by atoms with E-state index in [0.29, 0.717) is 13.0 Å². The number of alkyl halides is 1. The number of anilines is 1. The van der Waals surface area contributed by atoms with Gasteiger partial charge in [0.1, 0.15) is 0 Å². The second-order valence-corrected chi connectivity index (χ2v) is 9.07. The predicted molar refractivity (Wildman–Crippen MR) is 132 cm³/mol. The molecule has 0 saturated carbocycles. The van der Waals surface area contributed by atoms with Crippen molar-refractivity contribution in [3.63, 3.8) is 0 Å². The van der Waals surface area contributed by atoms with Gasteiger partial charge < -0.3 is 14.1 Å². The molecule has 166 valence electrons. The van der Waals surface area contributed by atoms with Crippen LogP contribution >= 0.6 is 23.6 Å². The summed E-state index contributed by atoms with van der Waals surface area (Å²) in [5.41, 5.74) is 4.94. The number of aromatic nitrogens is 2. The van der Waals surface area contributed by atoms with E-state index in [1.807, 2.05) is 61.8 Å². The van der Waals surface area contributed by atoms with E-state index in [9.17, 15) is 4.79 Å². The molecule has 0 spiro atoms. The van der Waals surface area contributed by atoms with Crippen LogP contribution in [-0.4, -0.2) is 27.4 Å². The average Bonchev–Trinajstić information content (AvgIpc) is 3.20. The largest absolute Gasteiger partial charge is 0.330 e. The van der Waals surface area contributed by atoms with Gasteiger partial charge in [-0.1, -0.05) is 35.9 Å². The monoisotopic (exact) mass is 467 g/mol. The van der Waals surface area contributed by atoms with Crippen LogP contribution in [0, 0.1) is 0 Å². The number of carbonyl (C=O) groups excluding carboxylic acids is 1. The zero-order chi connectivity index (χ0) is 22.3. The first kappa shape index (κ1) is 22.6. The number of allylic oxidation sites excluding steroid dienone is 4. The fourth-order valence-electron chi connectivity index (χ4n) is 3.57. The number of rotatable bonds is 9. The number of aryl methyl sites for hydroxylation is 1. The Hall–Kier alpha value is -2.54. The highest BCUT2D eigenvalue weighted by atomic mass is 35.5. The van der Waals surface area contributed by atoms with Crippen LogP contribution in [0.4, 0.5) is 5.69 Å². The minimum Gasteiger partial charge on any atom is -0.330 e. The third kappa shape index (κ3) is 6.03. The number of benzene rings is 2. The van der Waals surface area contributed by atoms with Crippen LogP contribution in [0.2, 0.25) is 0 Å². The van der Waals surface area contributed by atoms with Crippen molar-refractivity contribution in [1.82, 2.24) is 9.55 Å². The molecule has 4 rings (SSSR count). The SMILES string of the molecule is CCOSc1ccc(CC(=O)Nc2ccc3c(c2)ncn3CCC2=CCC(Cl)C=C2)cc1. The molecule has 3 aromatic rings. The first-order chi connectivity index (χ1) is 15.6. The molecule has 0 fully saturated rings. The second kappa shape index (κ2) is 10.9. The van der Waals surface area contributed by atoms with Gasteiger partial charge in [-0.25, -0.2) is 4.98 Å². The Kier molecular flexibility index (Phi) is 7.68. The van der Waals surface area contributed by atoms with Gasteiger partial charge in [-0.3, -0.25) is 4.79 Å². The van der Waals surface area contributed by atoms with Crippen LogP contribution in [0.15, 0.2) is 77.5 Å². The Morgan fingerprint density at radius 3 is 2.88 bits per heavy atom. The maximum absolute atomic E-state index is 12.5. The molecular formula is C25H26ClN3O2S. The Morgan fingerprint density at radius 1 is 1.28 bits per heavy atom. The summed E-state index contributed by atoms with van der Waals surface area (Å²) in [6.07, 6.45) is 10.4. The van der Waals surface area contributed by atoms with Crippen molar-refractivity contribution >= 4 is 46.3 Å². The lowest BCUT2D eigenvalue weighted by Gasteiger charge is -2.11. The van der Waals surface area contributed by atoms with Crippen LogP contribution in [0.3, 0.4) is 0 Å². The zero-order valence-electron chi connectivity index (χ0n) is 18.0. The molecule has 0 bridgehead atoms. The molecule has 1 aliphatic carbocycles. The van der Waals surface area contributed by atoms with E-state index in [-0.39, 0.29) is 11.3 Å². The Bertz CT molecular complexity index is 1140. The van der Waals surface area contributed by atoms with Gasteiger partial charge in [0, 0.05) is 29.2 Å². The molecule has 1 heterocycles. The molecule has 1 unspecified atom stereocenters. The molecule has 1 aromatic heterocycles. The lowest BCUT2D eigenvalue weighted by Crippen LogP contribution is -2.14. The lowest BCUT2D eigenvalue weighted by atomic mass is 10.0. The third-order valence-electron chi connectivity index (χ3n) is 5.23. The fraction of sp³-hybridized carbons (Fsp3) is 0.280. The van der Waals surface area contributed by atoms with Gasteiger partial charge in [0.15, 0.2) is 0 Å². The molecule has 5 nitrogen and oxygen atoms in total. The van der Waals surface area contributed by atoms with Gasteiger partial charge >= 0.3 is 0 Å². The molecule has 2 aromatic carbocycles. The van der Waals surface area contributed by atoms with Crippen molar-refractivity contribution in [3.05, 3.63) is 78.2 Å². The summed E-state index contributed by atoms with van der Waals surface area (Å²) in [6, 6.07) is 13.7. The number of carbonyl (C=O) groups is 1. The summed E-state index contributed by atoms with van der Waals surface area (Å²) in [6.45, 7) is 3.46. The van der Waals surface area contributed by atoms with E-state index in [0.717, 1.165) is 46.6 Å². The molecule has 0 radical (unpaired) electrons. The van der Waals surface area contributed by atoms with E-state index in [4.69, 9.17) is 15.8 Å². The van der Waals surface area contributed by atoms with E-state index in [2.05, 4.69) is 27.0 Å². The van der Waals surface area contributed by atoms with Crippen molar-refractivity contribution in [2.45, 2.75) is 43.0 Å². The normalized spacial score (nSPS) is 15.7. The highest BCUT2D eigenvalue weighted by Gasteiger charge is 2.09. The number of amides is 1. The number of imidazole rings is 1. The summed E-state index contributed by atoms with van der Waals surface area (Å²) >= 11 is 7.44. The van der Waals surface area contributed by atoms with Crippen molar-refractivity contribution in [1.29, 1.82) is 0 Å². The zero-order valence-corrected chi connectivity index (χ0v) is 19.5. The number of hydrogen-bond donors (Lipinski definition) is 1. The van der Waals surface area contributed by atoms with Gasteiger partial charge in [-0.15, -0.1) is 11.6 Å². The van der Waals surface area contributed by atoms with E-state index in [1.165, 1.54) is 17.6 Å². The number of nitrogens with zero attached hydrogens (tertiary/aromatic N) is 2. The lowest BCUT2D eigenvalue weighted by molar-refractivity contribution is -0.115. The molecule has 7 heteroatoms. The van der Waals surface area contributed by atoms with E-state index in [1.54, 1.807) is 0 Å². The Morgan fingerprint density at radius 2 is 2.12 bits per heavy atom. The molecule has 1 aliphatic rings. The molecule has 32 heavy (non-hydrogen) atoms. The van der Waals surface area contributed by atoms with Crippen molar-refractivity contribution in [3.8, 4) is 0 Å². The maximum Gasteiger partial charge on any atom is 0.228 e. The highest BCUT2D eigenvalue weighted by Crippen LogP contribution is 2.22. The second-order valence-electron chi connectivity index (χ2n) is 7.64. The first-order valence-corrected chi connectivity index (χ1v) is 11.9. The van der Waals surface area contributed by atoms with Crippen LogP contribution in [0.1, 0.15) is 25.3 Å². The standard InChI is InChI=1S/C25H26ClN3O2S/c1-2-31-32-22-10-5-19(6-11-22)15-25(30)28-21-9-12-24-23(16-21)27-17-29(24)14-13-18-3-7-20(26)8-4-18/h3-7,9-12,16-17,20H,2,8,13-15H2,1H3,(H,28,30). The smallest absolute Gasteiger partial charge is 0.228 e. The van der Waals surface area contributed by atoms with Gasteiger partial charge in [0.25, 0.3) is 0 Å². The number of halogens is 1. The summed E-state index contributed by atoms with van der Waals surface area (Å²) in [5.74, 6) is -0.0531. The topological polar surface area (TPSA) is 56.1 Å². The molecular weight excluding hydrogens is 442 g/mol. The van der Waals surface area contributed by atoms with Gasteiger partial charge in [-0.2, -0.15) is 0 Å². The first-order valence-electron chi connectivity index (χ1n) is 10.7. The van der Waals surface area contributed by atoms with Gasteiger partial charge in [0.2, 0.25) is 5.91 Å². The van der Waals surface area contributed by atoms with Gasteiger partial charge in [0.05, 0.1) is 35.8 Å². The van der Waals surface area contributed by atoms with Gasteiger partial charge in [-0.05, 0) is 55.7 Å². The molecule has 1 atom stereocenters. The Labute approximate surface area is 197 Å². The molecule has 0 saturated heterocycles. The minimum absolute atomic E-state index is 0.0531. The Balaban J connectivity index is 1.34. The average molecular weight is 468 g/mol. The summed E-state index contributed by atoms with van der Waals surface area (Å²) < 4.78 is 7.47. The fourth-order valence-corrected chi connectivity index (χ4v) is 4.24. The number of nitrogens with one attached hydrogen (secondary N) is 1. The van der Waals surface area contributed by atoms with E-state index >= 15 is 0 Å². The van der Waals surface area contributed by atoms with Crippen molar-refractivity contribution in [2.75, 3.05) is 11.9 Å². The highest BCUT2D eigenvalue weighted by molar-refractivity contribution is 7.94. The molecule has 1 N–H and O–H groups in total. The van der Waals surface area contributed by atoms with E-state index < -0.39 is 0 Å². The van der Waals surface area contributed by atoms with Crippen LogP contribution in [-0.2, 0) is 21.9 Å². The maximum atomic E-state index is 12.5. The molecule has 0 aliphatic heterocycles.